The number of aromatic nitrogens is 3. The van der Waals surface area contributed by atoms with Gasteiger partial charge in [0.25, 0.3) is 0 Å². The predicted octanol–water partition coefficient (Wildman–Crippen LogP) is 1.04. The van der Waals surface area contributed by atoms with Gasteiger partial charge >= 0.3 is 0 Å². The Morgan fingerprint density at radius 1 is 1.58 bits per heavy atom. The predicted molar refractivity (Wildman–Crippen MR) is 69.6 cm³/mol. The number of hydrogen-bond acceptors (Lipinski definition) is 5. The highest BCUT2D eigenvalue weighted by molar-refractivity contribution is 5.05. The van der Waals surface area contributed by atoms with E-state index >= 15 is 0 Å². The first-order valence-electron chi connectivity index (χ1n) is 7.14. The molecule has 2 fully saturated rings. The van der Waals surface area contributed by atoms with Crippen molar-refractivity contribution in [3.05, 3.63) is 11.9 Å². The van der Waals surface area contributed by atoms with Crippen molar-refractivity contribution in [2.45, 2.75) is 37.8 Å². The Bertz CT molecular complexity index is 389. The Labute approximate surface area is 113 Å². The van der Waals surface area contributed by atoms with E-state index in [1.165, 1.54) is 0 Å². The summed E-state index contributed by atoms with van der Waals surface area (Å²) >= 11 is 0. The molecule has 6 nitrogen and oxygen atoms in total. The Morgan fingerprint density at radius 3 is 3.21 bits per heavy atom. The van der Waals surface area contributed by atoms with Gasteiger partial charge in [0.05, 0.1) is 30.1 Å². The van der Waals surface area contributed by atoms with Crippen LogP contribution in [0.5, 0.6) is 0 Å². The summed E-state index contributed by atoms with van der Waals surface area (Å²) in [5.41, 5.74) is 0.947. The van der Waals surface area contributed by atoms with E-state index in [0.717, 1.165) is 51.3 Å². The third-order valence-electron chi connectivity index (χ3n) is 4.25. The second-order valence-electron chi connectivity index (χ2n) is 5.52. The molecule has 3 heterocycles. The van der Waals surface area contributed by atoms with Gasteiger partial charge in [-0.05, 0) is 25.3 Å². The van der Waals surface area contributed by atoms with Crippen LogP contribution in [0, 0.1) is 5.92 Å². The fraction of sp³-hybridized carbons (Fsp3) is 0.846. The first-order valence-corrected chi connectivity index (χ1v) is 7.14. The number of aromatic amines is 1. The highest BCUT2D eigenvalue weighted by atomic mass is 16.6. The summed E-state index contributed by atoms with van der Waals surface area (Å²) in [7, 11) is 0. The Hall–Kier alpha value is -0.980. The second kappa shape index (κ2) is 5.56. The third kappa shape index (κ3) is 2.66. The SMILES string of the molecule is CCNC(c1cn[nH]n1)C1CCOC2(CCOC2)C1. The molecule has 3 rings (SSSR count). The van der Waals surface area contributed by atoms with E-state index in [9.17, 15) is 0 Å². The lowest BCUT2D eigenvalue weighted by atomic mass is 9.80. The van der Waals surface area contributed by atoms with Crippen LogP contribution < -0.4 is 5.32 Å². The minimum Gasteiger partial charge on any atom is -0.378 e. The highest BCUT2D eigenvalue weighted by Gasteiger charge is 2.43. The summed E-state index contributed by atoms with van der Waals surface area (Å²) in [6, 6.07) is 0.255. The van der Waals surface area contributed by atoms with E-state index in [1.807, 2.05) is 6.20 Å². The summed E-state index contributed by atoms with van der Waals surface area (Å²) in [6.07, 6.45) is 4.94. The standard InChI is InChI=1S/C13H22N4O2/c1-2-14-12(11-8-15-17-16-11)10-3-5-19-13(7-10)4-6-18-9-13/h8,10,12,14H,2-7,9H2,1H3,(H,15,16,17). The molecule has 3 atom stereocenters. The molecule has 2 aliphatic rings. The van der Waals surface area contributed by atoms with Crippen LogP contribution in [0.15, 0.2) is 6.20 Å². The van der Waals surface area contributed by atoms with E-state index in [2.05, 4.69) is 27.7 Å². The molecular formula is C13H22N4O2. The molecule has 3 unspecified atom stereocenters. The molecule has 0 saturated carbocycles. The van der Waals surface area contributed by atoms with Gasteiger partial charge in [-0.1, -0.05) is 6.92 Å². The van der Waals surface area contributed by atoms with Crippen molar-refractivity contribution >= 4 is 0 Å². The normalized spacial score (nSPS) is 32.8. The number of ether oxygens (including phenoxy) is 2. The number of nitrogens with one attached hydrogen (secondary N) is 2. The summed E-state index contributed by atoms with van der Waals surface area (Å²) in [6.45, 7) is 5.43. The van der Waals surface area contributed by atoms with Crippen molar-refractivity contribution in [3.8, 4) is 0 Å². The number of H-pyrrole nitrogens is 1. The average Bonchev–Trinajstić information content (AvgIpc) is 3.08. The van der Waals surface area contributed by atoms with Gasteiger partial charge in [0.1, 0.15) is 0 Å². The van der Waals surface area contributed by atoms with Crippen LogP contribution in [0.25, 0.3) is 0 Å². The number of hydrogen-bond donors (Lipinski definition) is 2. The molecule has 106 valence electrons. The van der Waals surface area contributed by atoms with Gasteiger partial charge in [-0.25, -0.2) is 0 Å². The molecule has 6 heteroatoms. The zero-order chi connectivity index (χ0) is 13.1. The summed E-state index contributed by atoms with van der Waals surface area (Å²) in [5, 5.41) is 14.4. The van der Waals surface area contributed by atoms with Crippen LogP contribution in [0.1, 0.15) is 37.9 Å². The smallest absolute Gasteiger partial charge is 0.0996 e. The van der Waals surface area contributed by atoms with Crippen LogP contribution in [-0.4, -0.2) is 47.4 Å². The fourth-order valence-corrected chi connectivity index (χ4v) is 3.31. The van der Waals surface area contributed by atoms with Gasteiger partial charge in [0, 0.05) is 19.6 Å². The van der Waals surface area contributed by atoms with Crippen molar-refractivity contribution in [2.75, 3.05) is 26.4 Å². The first-order chi connectivity index (χ1) is 9.33. The van der Waals surface area contributed by atoms with Gasteiger partial charge in [-0.2, -0.15) is 15.4 Å². The monoisotopic (exact) mass is 266 g/mol. The summed E-state index contributed by atoms with van der Waals surface area (Å²) in [5.74, 6) is 0.528. The van der Waals surface area contributed by atoms with E-state index in [1.54, 1.807) is 0 Å². The minimum absolute atomic E-state index is 0.0552. The van der Waals surface area contributed by atoms with E-state index in [-0.39, 0.29) is 11.6 Å². The molecule has 0 aliphatic carbocycles. The van der Waals surface area contributed by atoms with Crippen LogP contribution >= 0.6 is 0 Å². The molecule has 19 heavy (non-hydrogen) atoms. The van der Waals surface area contributed by atoms with Crippen molar-refractivity contribution in [1.29, 1.82) is 0 Å². The topological polar surface area (TPSA) is 72.1 Å². The molecule has 2 N–H and O–H groups in total. The maximum absolute atomic E-state index is 6.01. The molecule has 2 aliphatic heterocycles. The highest BCUT2D eigenvalue weighted by Crippen LogP contribution is 2.40. The number of nitrogens with zero attached hydrogens (tertiary/aromatic N) is 2. The van der Waals surface area contributed by atoms with Crippen LogP contribution in [0.3, 0.4) is 0 Å². The van der Waals surface area contributed by atoms with E-state index in [4.69, 9.17) is 9.47 Å². The quantitative estimate of drug-likeness (QED) is 0.852. The molecule has 0 aromatic carbocycles. The molecule has 2 saturated heterocycles. The van der Waals surface area contributed by atoms with Crippen LogP contribution in [0.2, 0.25) is 0 Å². The zero-order valence-corrected chi connectivity index (χ0v) is 11.4. The lowest BCUT2D eigenvalue weighted by molar-refractivity contribution is -0.103. The Kier molecular flexibility index (Phi) is 3.81. The van der Waals surface area contributed by atoms with E-state index < -0.39 is 0 Å². The maximum Gasteiger partial charge on any atom is 0.0996 e. The molecule has 0 radical (unpaired) electrons. The molecule has 0 bridgehead atoms. The van der Waals surface area contributed by atoms with E-state index in [0.29, 0.717) is 5.92 Å². The second-order valence-corrected chi connectivity index (χ2v) is 5.52. The fourth-order valence-electron chi connectivity index (χ4n) is 3.31. The number of rotatable bonds is 4. The van der Waals surface area contributed by atoms with Crippen molar-refractivity contribution < 1.29 is 9.47 Å². The summed E-state index contributed by atoms with van der Waals surface area (Å²) in [4.78, 5) is 0. The van der Waals surface area contributed by atoms with Gasteiger partial charge in [-0.15, -0.1) is 0 Å². The molecular weight excluding hydrogens is 244 g/mol. The van der Waals surface area contributed by atoms with Gasteiger partial charge < -0.3 is 14.8 Å². The van der Waals surface area contributed by atoms with Gasteiger partial charge in [0.2, 0.25) is 0 Å². The Morgan fingerprint density at radius 2 is 2.53 bits per heavy atom. The maximum atomic E-state index is 6.01. The summed E-state index contributed by atoms with van der Waals surface area (Å²) < 4.78 is 11.5. The van der Waals surface area contributed by atoms with Crippen molar-refractivity contribution in [1.82, 2.24) is 20.7 Å². The van der Waals surface area contributed by atoms with Gasteiger partial charge in [-0.3, -0.25) is 0 Å². The van der Waals surface area contributed by atoms with Crippen LogP contribution in [0.4, 0.5) is 0 Å². The zero-order valence-electron chi connectivity index (χ0n) is 11.4. The van der Waals surface area contributed by atoms with Crippen molar-refractivity contribution in [2.24, 2.45) is 5.92 Å². The minimum atomic E-state index is -0.0552. The average molecular weight is 266 g/mol. The van der Waals surface area contributed by atoms with Gasteiger partial charge in [0.15, 0.2) is 0 Å². The molecule has 1 aromatic heterocycles. The Balaban J connectivity index is 1.74. The van der Waals surface area contributed by atoms with Crippen LogP contribution in [-0.2, 0) is 9.47 Å². The third-order valence-corrected chi connectivity index (χ3v) is 4.25. The first kappa shape index (κ1) is 13.0. The lowest BCUT2D eigenvalue weighted by Crippen LogP contribution is -2.44. The molecule has 1 aromatic rings. The molecule has 1 spiro atoms. The largest absolute Gasteiger partial charge is 0.378 e. The molecule has 0 amide bonds. The lowest BCUT2D eigenvalue weighted by Gasteiger charge is -2.40. The van der Waals surface area contributed by atoms with Crippen molar-refractivity contribution in [3.63, 3.8) is 0 Å².